The Kier molecular flexibility index (Phi) is 6.19. The van der Waals surface area contributed by atoms with Crippen molar-refractivity contribution in [2.24, 2.45) is 4.99 Å². The molecule has 1 aromatic carbocycles. The van der Waals surface area contributed by atoms with Gasteiger partial charge in [0, 0.05) is 36.1 Å². The second kappa shape index (κ2) is 8.76. The first kappa shape index (κ1) is 22.6. The summed E-state index contributed by atoms with van der Waals surface area (Å²) in [6.07, 6.45) is -2.50. The number of nitrogens with one attached hydrogen (secondary N) is 1. The van der Waals surface area contributed by atoms with Gasteiger partial charge in [0.1, 0.15) is 16.1 Å². The number of hydrogen-bond donors (Lipinski definition) is 1. The molecule has 3 heterocycles. The van der Waals surface area contributed by atoms with E-state index in [1.165, 1.54) is 18.0 Å². The fourth-order valence-corrected chi connectivity index (χ4v) is 4.59. The Morgan fingerprint density at radius 2 is 1.88 bits per heavy atom. The predicted octanol–water partition coefficient (Wildman–Crippen LogP) is 4.63. The summed E-state index contributed by atoms with van der Waals surface area (Å²) in [5, 5.41) is 3.00. The molecule has 0 radical (unpaired) electrons. The summed E-state index contributed by atoms with van der Waals surface area (Å²) in [5.41, 5.74) is 0.0870. The maximum absolute atomic E-state index is 12.8. The fraction of sp³-hybridized carbons (Fsp3) is 0.200. The van der Waals surface area contributed by atoms with Gasteiger partial charge in [-0.05, 0) is 18.2 Å². The van der Waals surface area contributed by atoms with Crippen LogP contribution in [0.2, 0.25) is 10.0 Å². The number of nitrogens with zero attached hydrogens (tertiary/aromatic N) is 3. The van der Waals surface area contributed by atoms with Gasteiger partial charge in [-0.25, -0.2) is 9.98 Å². The number of carbonyl (C=O) groups is 2. The van der Waals surface area contributed by atoms with E-state index in [4.69, 9.17) is 23.2 Å². The zero-order valence-corrected chi connectivity index (χ0v) is 18.3. The summed E-state index contributed by atoms with van der Waals surface area (Å²) in [6.45, 7) is 0.0481. The number of rotatable bonds is 5. The van der Waals surface area contributed by atoms with Crippen LogP contribution in [-0.2, 0) is 15.8 Å². The van der Waals surface area contributed by atoms with Crippen molar-refractivity contribution < 1.29 is 22.8 Å². The molecular weight excluding hydrogens is 488 g/mol. The molecule has 0 saturated carbocycles. The van der Waals surface area contributed by atoms with E-state index in [1.54, 1.807) is 24.3 Å². The van der Waals surface area contributed by atoms with Gasteiger partial charge in [0.15, 0.2) is 0 Å². The Bertz CT molecular complexity index is 1150. The van der Waals surface area contributed by atoms with Crippen molar-refractivity contribution in [3.8, 4) is 0 Å². The summed E-state index contributed by atoms with van der Waals surface area (Å²) in [7, 11) is 0. The topological polar surface area (TPSA) is 74.7 Å². The van der Waals surface area contributed by atoms with Crippen LogP contribution in [0, 0.1) is 0 Å². The van der Waals surface area contributed by atoms with E-state index in [0.29, 0.717) is 16.3 Å². The maximum atomic E-state index is 12.8. The van der Waals surface area contributed by atoms with Crippen molar-refractivity contribution in [3.05, 3.63) is 69.5 Å². The lowest BCUT2D eigenvalue weighted by Gasteiger charge is -2.16. The Morgan fingerprint density at radius 3 is 2.53 bits per heavy atom. The van der Waals surface area contributed by atoms with Crippen LogP contribution in [0.15, 0.2) is 53.3 Å². The molecule has 0 bridgehead atoms. The molecular formula is C20H13Cl2F3N4O2S. The Balaban J connectivity index is 1.40. The van der Waals surface area contributed by atoms with Crippen molar-refractivity contribution in [2.45, 2.75) is 11.4 Å². The molecule has 32 heavy (non-hydrogen) atoms. The zero-order chi connectivity index (χ0) is 23.0. The van der Waals surface area contributed by atoms with Gasteiger partial charge in [-0.15, -0.1) is 0 Å². The van der Waals surface area contributed by atoms with Crippen molar-refractivity contribution in [2.75, 3.05) is 18.4 Å². The monoisotopic (exact) mass is 500 g/mol. The van der Waals surface area contributed by atoms with Crippen molar-refractivity contribution >= 4 is 57.6 Å². The number of amides is 2. The second-order valence-electron chi connectivity index (χ2n) is 6.80. The van der Waals surface area contributed by atoms with Gasteiger partial charge >= 0.3 is 6.18 Å². The van der Waals surface area contributed by atoms with Crippen LogP contribution in [0.1, 0.15) is 11.1 Å². The molecule has 4 rings (SSSR count). The lowest BCUT2D eigenvalue weighted by atomic mass is 10.2. The van der Waals surface area contributed by atoms with Crippen LogP contribution in [0.5, 0.6) is 0 Å². The number of likely N-dealkylation sites (tertiary alicyclic amines) is 1. The smallest absolute Gasteiger partial charge is 0.367 e. The number of pyridine rings is 1. The van der Waals surface area contributed by atoms with Crippen molar-refractivity contribution in [1.82, 2.24) is 9.88 Å². The highest BCUT2D eigenvalue weighted by Crippen LogP contribution is 2.36. The number of benzene rings is 1. The largest absolute Gasteiger partial charge is 0.417 e. The van der Waals surface area contributed by atoms with Crippen LogP contribution in [0.3, 0.4) is 0 Å². The molecule has 0 aliphatic carbocycles. The molecule has 6 nitrogen and oxygen atoms in total. The average Bonchev–Trinajstić information content (AvgIpc) is 2.99. The molecule has 1 N–H and O–H groups in total. The molecule has 0 unspecified atom stereocenters. The molecule has 2 aromatic rings. The number of aromatic nitrogens is 1. The Labute approximate surface area is 194 Å². The third-order valence-corrected chi connectivity index (χ3v) is 6.50. The van der Waals surface area contributed by atoms with E-state index in [2.05, 4.69) is 15.3 Å². The lowest BCUT2D eigenvalue weighted by molar-refractivity contribution is -0.138. The number of imide groups is 1. The number of hydrogen-bond acceptors (Lipinski definition) is 6. The van der Waals surface area contributed by atoms with Gasteiger partial charge in [0.2, 0.25) is 5.91 Å². The highest BCUT2D eigenvalue weighted by Gasteiger charge is 2.45. The minimum Gasteiger partial charge on any atom is -0.367 e. The number of thioether (sulfide) groups is 1. The van der Waals surface area contributed by atoms with Gasteiger partial charge in [0.25, 0.3) is 5.91 Å². The highest BCUT2D eigenvalue weighted by atomic mass is 35.5. The van der Waals surface area contributed by atoms with Crippen LogP contribution in [0.25, 0.3) is 0 Å². The minimum atomic E-state index is -4.56. The Morgan fingerprint density at radius 1 is 1.16 bits per heavy atom. The van der Waals surface area contributed by atoms with Gasteiger partial charge in [0.05, 0.1) is 16.2 Å². The first-order valence-corrected chi connectivity index (χ1v) is 10.8. The van der Waals surface area contributed by atoms with E-state index in [1.807, 2.05) is 0 Å². The summed E-state index contributed by atoms with van der Waals surface area (Å²) < 4.78 is 38.2. The lowest BCUT2D eigenvalue weighted by Crippen LogP contribution is -2.35. The number of carbonyl (C=O) groups excluding carboxylic acids is 2. The van der Waals surface area contributed by atoms with Crippen molar-refractivity contribution in [3.63, 3.8) is 0 Å². The number of aliphatic imine (C=N–C) groups is 1. The van der Waals surface area contributed by atoms with Crippen LogP contribution in [0.4, 0.5) is 19.0 Å². The van der Waals surface area contributed by atoms with Crippen LogP contribution < -0.4 is 5.32 Å². The van der Waals surface area contributed by atoms with Crippen LogP contribution in [-0.4, -0.2) is 45.1 Å². The number of alkyl halides is 3. The standard InChI is InChI=1S/C20H13Cl2F3N4O2S/c21-12-3-1-10(2-4-12)17-28-9-13-15(32-17)19(31)29(18(13)30)6-5-26-16-14(22)7-11(8-27-16)20(23,24)25/h1-4,7-9,15H,5-6H2,(H,26,27)/t15-/m0/s1. The normalized spacial score (nSPS) is 18.4. The van der Waals surface area contributed by atoms with E-state index in [9.17, 15) is 22.8 Å². The van der Waals surface area contributed by atoms with Gasteiger partial charge in [-0.2, -0.15) is 13.2 Å². The molecule has 12 heteroatoms. The molecule has 1 saturated heterocycles. The fourth-order valence-electron chi connectivity index (χ4n) is 3.11. The molecule has 0 spiro atoms. The van der Waals surface area contributed by atoms with Gasteiger partial charge in [-0.1, -0.05) is 47.1 Å². The van der Waals surface area contributed by atoms with E-state index in [0.717, 1.165) is 16.5 Å². The van der Waals surface area contributed by atoms with E-state index in [-0.39, 0.29) is 35.4 Å². The summed E-state index contributed by atoms with van der Waals surface area (Å²) >= 11 is 12.9. The molecule has 2 aliphatic rings. The van der Waals surface area contributed by atoms with E-state index < -0.39 is 22.9 Å². The first-order valence-electron chi connectivity index (χ1n) is 9.18. The quantitative estimate of drug-likeness (QED) is 0.605. The molecule has 2 amide bonds. The van der Waals surface area contributed by atoms with Gasteiger partial charge in [-0.3, -0.25) is 14.5 Å². The number of fused-ring (bicyclic) bond motifs is 1. The average molecular weight is 501 g/mol. The number of anilines is 1. The van der Waals surface area contributed by atoms with E-state index >= 15 is 0 Å². The predicted molar refractivity (Wildman–Crippen MR) is 117 cm³/mol. The molecule has 2 aliphatic heterocycles. The number of halogens is 5. The summed E-state index contributed by atoms with van der Waals surface area (Å²) in [4.78, 5) is 34.5. The summed E-state index contributed by atoms with van der Waals surface area (Å²) in [5.74, 6) is -0.821. The van der Waals surface area contributed by atoms with Crippen LogP contribution >= 0.6 is 35.0 Å². The summed E-state index contributed by atoms with van der Waals surface area (Å²) in [6, 6.07) is 7.72. The van der Waals surface area contributed by atoms with Crippen molar-refractivity contribution in [1.29, 1.82) is 0 Å². The minimum absolute atomic E-state index is 0.0125. The third kappa shape index (κ3) is 4.48. The SMILES string of the molecule is O=C1C2=CN=C(c3ccc(Cl)cc3)S[C@@H]2C(=O)N1CCNc1ncc(C(F)(F)F)cc1Cl. The first-order chi connectivity index (χ1) is 15.1. The molecule has 166 valence electrons. The Hall–Kier alpha value is -2.56. The second-order valence-corrected chi connectivity index (χ2v) is 8.73. The third-order valence-electron chi connectivity index (χ3n) is 4.70. The van der Waals surface area contributed by atoms with Gasteiger partial charge < -0.3 is 5.32 Å². The highest BCUT2D eigenvalue weighted by molar-refractivity contribution is 8.15. The zero-order valence-electron chi connectivity index (χ0n) is 16.0. The molecule has 1 atom stereocenters. The molecule has 1 fully saturated rings. The maximum Gasteiger partial charge on any atom is 0.417 e. The molecule has 1 aromatic heterocycles.